The minimum Gasteiger partial charge on any atom is -0.502 e. The van der Waals surface area contributed by atoms with Gasteiger partial charge >= 0.3 is 11.6 Å². The third-order valence-electron chi connectivity index (χ3n) is 5.52. The van der Waals surface area contributed by atoms with Crippen LogP contribution in [0.25, 0.3) is 11.1 Å². The second-order valence-corrected chi connectivity index (χ2v) is 8.47. The van der Waals surface area contributed by atoms with Gasteiger partial charge in [0.25, 0.3) is 5.91 Å². The predicted molar refractivity (Wildman–Crippen MR) is 137 cm³/mol. The van der Waals surface area contributed by atoms with Gasteiger partial charge in [0.2, 0.25) is 5.76 Å². The molecule has 4 aromatic rings. The highest BCUT2D eigenvalue weighted by molar-refractivity contribution is 6.30. The smallest absolute Gasteiger partial charge is 0.311 e. The largest absolute Gasteiger partial charge is 0.502 e. The molecule has 1 heterocycles. The van der Waals surface area contributed by atoms with Crippen molar-refractivity contribution in [1.82, 2.24) is 10.9 Å². The molecule has 0 fully saturated rings. The van der Waals surface area contributed by atoms with Gasteiger partial charge in [0.05, 0.1) is 11.2 Å². The van der Waals surface area contributed by atoms with Crippen LogP contribution < -0.4 is 16.2 Å². The van der Waals surface area contributed by atoms with Crippen LogP contribution in [0.5, 0.6) is 5.75 Å². The van der Waals surface area contributed by atoms with E-state index in [2.05, 4.69) is 16.2 Å². The molecule has 1 aromatic heterocycles. The third kappa shape index (κ3) is 5.88. The first-order valence-electron chi connectivity index (χ1n) is 11.0. The zero-order valence-corrected chi connectivity index (χ0v) is 20.2. The summed E-state index contributed by atoms with van der Waals surface area (Å²) in [5.74, 6) is -2.14. The lowest BCUT2D eigenvalue weighted by Gasteiger charge is -2.16. The van der Waals surface area contributed by atoms with Crippen molar-refractivity contribution in [1.29, 1.82) is 0 Å². The monoisotopic (exact) mass is 520 g/mol. The summed E-state index contributed by atoms with van der Waals surface area (Å²) in [6, 6.07) is 19.7. The van der Waals surface area contributed by atoms with Gasteiger partial charge in [-0.1, -0.05) is 41.9 Å². The second kappa shape index (κ2) is 10.8. The van der Waals surface area contributed by atoms with E-state index in [0.717, 1.165) is 28.9 Å². The first-order valence-corrected chi connectivity index (χ1v) is 11.4. The number of hydrogen-bond acceptors (Lipinski definition) is 7. The number of nitro groups is 1. The van der Waals surface area contributed by atoms with Gasteiger partial charge in [0.1, 0.15) is 0 Å². The highest BCUT2D eigenvalue weighted by Gasteiger charge is 2.20. The minimum absolute atomic E-state index is 0.00873. The van der Waals surface area contributed by atoms with Gasteiger partial charge in [-0.05, 0) is 54.4 Å². The van der Waals surface area contributed by atoms with Crippen LogP contribution in [0.2, 0.25) is 5.02 Å². The number of phenols is 1. The van der Waals surface area contributed by atoms with Crippen LogP contribution in [0, 0.1) is 10.1 Å². The Hall–Kier alpha value is -4.83. The summed E-state index contributed by atoms with van der Waals surface area (Å²) in [6.45, 7) is 2.01. The van der Waals surface area contributed by atoms with E-state index < -0.39 is 28.2 Å². The Kier molecular flexibility index (Phi) is 7.40. The molecule has 0 saturated heterocycles. The Bertz CT molecular complexity index is 1470. The lowest BCUT2D eigenvalue weighted by molar-refractivity contribution is -0.385. The summed E-state index contributed by atoms with van der Waals surface area (Å²) >= 11 is 6.05. The Balaban J connectivity index is 1.42. The molecule has 0 saturated carbocycles. The molecule has 1 unspecified atom stereocenters. The summed E-state index contributed by atoms with van der Waals surface area (Å²) < 4.78 is 5.34. The number of carbonyl (C=O) groups is 2. The quantitative estimate of drug-likeness (QED) is 0.187. The molecule has 0 aliphatic carbocycles. The van der Waals surface area contributed by atoms with Gasteiger partial charge in [-0.3, -0.25) is 30.6 Å². The maximum Gasteiger partial charge on any atom is 0.311 e. The molecule has 2 amide bonds. The molecule has 0 bridgehead atoms. The number of halogens is 1. The molecule has 11 heteroatoms. The number of furan rings is 1. The number of nitro benzene ring substituents is 1. The zero-order chi connectivity index (χ0) is 26.5. The van der Waals surface area contributed by atoms with Crippen LogP contribution in [0.1, 0.15) is 39.4 Å². The number of anilines is 1. The fourth-order valence-corrected chi connectivity index (χ4v) is 3.82. The average molecular weight is 521 g/mol. The molecular formula is C26H21ClN4O6. The van der Waals surface area contributed by atoms with Crippen molar-refractivity contribution in [2.45, 2.75) is 13.0 Å². The number of carbonyl (C=O) groups excluding carboxylic acids is 2. The van der Waals surface area contributed by atoms with Gasteiger partial charge in [0, 0.05) is 33.9 Å². The van der Waals surface area contributed by atoms with Gasteiger partial charge in [-0.15, -0.1) is 0 Å². The molecule has 1 atom stereocenters. The van der Waals surface area contributed by atoms with Gasteiger partial charge < -0.3 is 14.8 Å². The van der Waals surface area contributed by atoms with Gasteiger partial charge in [-0.2, -0.15) is 0 Å². The van der Waals surface area contributed by atoms with E-state index in [-0.39, 0.29) is 17.4 Å². The Morgan fingerprint density at radius 1 is 1.00 bits per heavy atom. The van der Waals surface area contributed by atoms with Crippen molar-refractivity contribution < 1.29 is 24.0 Å². The van der Waals surface area contributed by atoms with Gasteiger partial charge in [-0.25, -0.2) is 0 Å². The molecule has 0 aliphatic heterocycles. The van der Waals surface area contributed by atoms with E-state index in [0.29, 0.717) is 10.6 Å². The highest BCUT2D eigenvalue weighted by Crippen LogP contribution is 2.28. The number of nitrogens with one attached hydrogen (secondary N) is 3. The first-order chi connectivity index (χ1) is 17.7. The normalized spacial score (nSPS) is 11.4. The molecule has 4 rings (SSSR count). The van der Waals surface area contributed by atoms with Crippen LogP contribution in [0.3, 0.4) is 0 Å². The number of aromatic hydroxyl groups is 1. The molecule has 0 aliphatic rings. The summed E-state index contributed by atoms with van der Waals surface area (Å²) in [4.78, 5) is 35.2. The molecule has 3 aromatic carbocycles. The standard InChI is InChI=1S/C26H21ClN4O6/c1-15(28-20-4-2-3-19(27)14-20)16-5-7-17(8-6-16)21-11-12-37-24(21)26(34)30-29-25(33)18-9-10-23(32)22(13-18)31(35)36/h2-15,28,32H,1H3,(H,29,33)(H,30,34). The van der Waals surface area contributed by atoms with Crippen LogP contribution in [-0.2, 0) is 0 Å². The molecule has 0 radical (unpaired) electrons. The highest BCUT2D eigenvalue weighted by atomic mass is 35.5. The van der Waals surface area contributed by atoms with Crippen molar-refractivity contribution >= 4 is 34.8 Å². The predicted octanol–water partition coefficient (Wildman–Crippen LogP) is 5.46. The van der Waals surface area contributed by atoms with E-state index in [4.69, 9.17) is 16.0 Å². The number of hydrazine groups is 1. The number of rotatable bonds is 7. The SMILES string of the molecule is CC(Nc1cccc(Cl)c1)c1ccc(-c2ccoc2C(=O)NNC(=O)c2ccc(O)c([N+](=O)[O-])c2)cc1. The van der Waals surface area contributed by atoms with Gasteiger partial charge in [0.15, 0.2) is 5.75 Å². The van der Waals surface area contributed by atoms with E-state index in [1.807, 2.05) is 49.4 Å². The maximum atomic E-state index is 12.7. The number of benzene rings is 3. The van der Waals surface area contributed by atoms with Crippen LogP contribution >= 0.6 is 11.6 Å². The fourth-order valence-electron chi connectivity index (χ4n) is 3.63. The molecule has 0 spiro atoms. The topological polar surface area (TPSA) is 147 Å². The summed E-state index contributed by atoms with van der Waals surface area (Å²) in [6.07, 6.45) is 1.35. The van der Waals surface area contributed by atoms with Crippen molar-refractivity contribution in [2.24, 2.45) is 0 Å². The Labute approximate surface area is 216 Å². The third-order valence-corrected chi connectivity index (χ3v) is 5.76. The summed E-state index contributed by atoms with van der Waals surface area (Å²) in [5.41, 5.74) is 6.79. The zero-order valence-electron chi connectivity index (χ0n) is 19.4. The number of hydrogen-bond donors (Lipinski definition) is 4. The van der Waals surface area contributed by atoms with Crippen molar-refractivity contribution in [3.63, 3.8) is 0 Å². The molecular weight excluding hydrogens is 500 g/mol. The van der Waals surface area contributed by atoms with E-state index in [1.54, 1.807) is 12.1 Å². The average Bonchev–Trinajstić information content (AvgIpc) is 3.37. The molecule has 188 valence electrons. The van der Waals surface area contributed by atoms with Crippen molar-refractivity contribution in [2.75, 3.05) is 5.32 Å². The second-order valence-electron chi connectivity index (χ2n) is 8.03. The molecule has 10 nitrogen and oxygen atoms in total. The maximum absolute atomic E-state index is 12.7. The summed E-state index contributed by atoms with van der Waals surface area (Å²) in [7, 11) is 0. The molecule has 4 N–H and O–H groups in total. The van der Waals surface area contributed by atoms with Crippen LogP contribution in [0.4, 0.5) is 11.4 Å². The molecule has 37 heavy (non-hydrogen) atoms. The minimum atomic E-state index is -0.820. The lowest BCUT2D eigenvalue weighted by Crippen LogP contribution is -2.41. The first kappa shape index (κ1) is 25.3. The van der Waals surface area contributed by atoms with Crippen LogP contribution in [0.15, 0.2) is 83.5 Å². The van der Waals surface area contributed by atoms with Crippen molar-refractivity contribution in [3.8, 4) is 16.9 Å². The summed E-state index contributed by atoms with van der Waals surface area (Å²) in [5, 5.41) is 24.5. The van der Waals surface area contributed by atoms with E-state index in [9.17, 15) is 24.8 Å². The van der Waals surface area contributed by atoms with Crippen molar-refractivity contribution in [3.05, 3.63) is 111 Å². The Morgan fingerprint density at radius 3 is 2.43 bits per heavy atom. The van der Waals surface area contributed by atoms with E-state index in [1.165, 1.54) is 12.3 Å². The number of amides is 2. The number of phenolic OH excluding ortho intramolecular Hbond substituents is 1. The number of nitrogens with zero attached hydrogens (tertiary/aromatic N) is 1. The van der Waals surface area contributed by atoms with Crippen LogP contribution in [-0.4, -0.2) is 21.8 Å². The lowest BCUT2D eigenvalue weighted by atomic mass is 10.0. The Morgan fingerprint density at radius 2 is 1.73 bits per heavy atom. The fraction of sp³-hybridized carbons (Fsp3) is 0.0769. The van der Waals surface area contributed by atoms with E-state index >= 15 is 0 Å².